The van der Waals surface area contributed by atoms with Gasteiger partial charge >= 0.3 is 6.09 Å². The highest BCUT2D eigenvalue weighted by Gasteiger charge is 2.44. The van der Waals surface area contributed by atoms with Gasteiger partial charge in [0.2, 0.25) is 23.6 Å². The summed E-state index contributed by atoms with van der Waals surface area (Å²) in [7, 11) is 8.58. The molecule has 9 atom stereocenters. The number of carbonyl (C=O) groups is 6. The van der Waals surface area contributed by atoms with Gasteiger partial charge < -0.3 is 34.6 Å². The maximum absolute atomic E-state index is 14.4. The predicted octanol–water partition coefficient (Wildman–Crippen LogP) is 6.67. The van der Waals surface area contributed by atoms with E-state index in [1.54, 1.807) is 59.1 Å². The summed E-state index contributed by atoms with van der Waals surface area (Å²) in [4.78, 5) is 87.6. The monoisotopic (exact) mass is 913 g/mol. The van der Waals surface area contributed by atoms with Gasteiger partial charge in [-0.2, -0.15) is 0 Å². The number of rotatable bonds is 25. The molecule has 2 aliphatic rings. The number of carbonyl (C=O) groups excluding carboxylic acids is 6. The second-order valence-electron chi connectivity index (χ2n) is 20.6. The van der Waals surface area contributed by atoms with Gasteiger partial charge in [0.05, 0.1) is 36.8 Å². The number of benzene rings is 1. The third-order valence-electron chi connectivity index (χ3n) is 13.2. The van der Waals surface area contributed by atoms with Crippen molar-refractivity contribution >= 4 is 41.2 Å². The Kier molecular flexibility index (Phi) is 21.4. The quantitative estimate of drug-likeness (QED) is 0.0961. The Balaban J connectivity index is 1.71. The summed E-state index contributed by atoms with van der Waals surface area (Å²) >= 11 is 0. The molecule has 1 saturated heterocycles. The number of likely N-dealkylation sites (N-methyl/N-ethyl adjacent to an activating group) is 2. The van der Waals surface area contributed by atoms with Crippen molar-refractivity contribution < 1.29 is 43.0 Å². The number of ketones is 1. The van der Waals surface area contributed by atoms with Crippen molar-refractivity contribution in [2.75, 3.05) is 47.2 Å². The van der Waals surface area contributed by atoms with E-state index in [0.29, 0.717) is 31.0 Å². The Morgan fingerprint density at radius 1 is 0.846 bits per heavy atom. The number of likely N-dealkylation sites (tertiary alicyclic amines) is 1. The third-order valence-corrected chi connectivity index (χ3v) is 13.2. The fourth-order valence-electron chi connectivity index (χ4n) is 9.37. The van der Waals surface area contributed by atoms with Gasteiger partial charge in [-0.15, -0.1) is 0 Å². The van der Waals surface area contributed by atoms with E-state index in [1.807, 2.05) is 84.5 Å². The second kappa shape index (κ2) is 25.2. The summed E-state index contributed by atoms with van der Waals surface area (Å²) in [6, 6.07) is 5.13. The lowest BCUT2D eigenvalue weighted by atomic mass is 9.85. The fraction of sp³-hybridized carbons (Fsp3) is 0.760. The summed E-state index contributed by atoms with van der Waals surface area (Å²) in [5.74, 6) is -1.73. The SMILES string of the molecule is CC[C@H](C)[C@@H]([C@@H](CC(=O)N1CCC[C@H]1[C@H](OC)[C@@H](C)C(=O)C[C@@H](CC1CC1)C(=O)NCc1ccc(NC(=O)OC(C)(C)C)cc1)OC)N(C)C(=O)[C@@H](NC(=O)[C@H](C(C)C)N(C)C)C(C)C. The normalized spacial score (nSPS) is 19.2. The van der Waals surface area contributed by atoms with Crippen molar-refractivity contribution in [2.45, 2.75) is 169 Å². The van der Waals surface area contributed by atoms with E-state index in [9.17, 15) is 28.8 Å². The van der Waals surface area contributed by atoms with Gasteiger partial charge in [-0.3, -0.25) is 34.2 Å². The Morgan fingerprint density at radius 3 is 1.98 bits per heavy atom. The van der Waals surface area contributed by atoms with Crippen molar-refractivity contribution in [1.82, 2.24) is 25.3 Å². The van der Waals surface area contributed by atoms with Gasteiger partial charge in [-0.25, -0.2) is 4.79 Å². The van der Waals surface area contributed by atoms with Crippen LogP contribution in [0.1, 0.15) is 126 Å². The number of hydrogen-bond acceptors (Lipinski definition) is 10. The first-order valence-electron chi connectivity index (χ1n) is 23.9. The number of methoxy groups -OCH3 is 2. The van der Waals surface area contributed by atoms with Crippen molar-refractivity contribution in [3.63, 3.8) is 0 Å². The van der Waals surface area contributed by atoms with Crippen LogP contribution in [0.15, 0.2) is 24.3 Å². The minimum Gasteiger partial charge on any atom is -0.444 e. The minimum atomic E-state index is -0.776. The van der Waals surface area contributed by atoms with Gasteiger partial charge in [-0.05, 0) is 95.5 Å². The Morgan fingerprint density at radius 2 is 1.48 bits per heavy atom. The summed E-state index contributed by atoms with van der Waals surface area (Å²) in [5, 5.41) is 8.79. The molecule has 1 aromatic rings. The molecule has 0 bridgehead atoms. The minimum absolute atomic E-state index is 0.0137. The van der Waals surface area contributed by atoms with Crippen LogP contribution in [0, 0.1) is 35.5 Å². The molecule has 368 valence electrons. The van der Waals surface area contributed by atoms with E-state index < -0.39 is 53.9 Å². The number of nitrogens with one attached hydrogen (secondary N) is 3. The lowest BCUT2D eigenvalue weighted by Crippen LogP contribution is -2.59. The van der Waals surface area contributed by atoms with Crippen molar-refractivity contribution in [3.8, 4) is 0 Å². The van der Waals surface area contributed by atoms with E-state index in [1.165, 1.54) is 0 Å². The van der Waals surface area contributed by atoms with Crippen LogP contribution < -0.4 is 16.0 Å². The van der Waals surface area contributed by atoms with E-state index >= 15 is 0 Å². The molecule has 3 N–H and O–H groups in total. The van der Waals surface area contributed by atoms with Gasteiger partial charge in [0.1, 0.15) is 17.4 Å². The second-order valence-corrected chi connectivity index (χ2v) is 20.6. The number of hydrogen-bond donors (Lipinski definition) is 3. The number of amides is 5. The van der Waals surface area contributed by atoms with Crippen LogP contribution in [-0.2, 0) is 44.7 Å². The van der Waals surface area contributed by atoms with E-state index in [4.69, 9.17) is 14.2 Å². The highest BCUT2D eigenvalue weighted by Crippen LogP contribution is 2.37. The molecule has 5 amide bonds. The summed E-state index contributed by atoms with van der Waals surface area (Å²) in [6.07, 6.45) is 3.12. The first kappa shape index (κ1) is 55.2. The molecule has 0 radical (unpaired) electrons. The van der Waals surface area contributed by atoms with Crippen LogP contribution >= 0.6 is 0 Å². The van der Waals surface area contributed by atoms with Gasteiger partial charge in [-0.1, -0.05) is 79.9 Å². The van der Waals surface area contributed by atoms with Crippen LogP contribution in [0.25, 0.3) is 0 Å². The zero-order valence-electron chi connectivity index (χ0n) is 42.3. The van der Waals surface area contributed by atoms with Gasteiger partial charge in [0.15, 0.2) is 0 Å². The number of anilines is 1. The van der Waals surface area contributed by atoms with Crippen LogP contribution in [-0.4, -0.2) is 134 Å². The average Bonchev–Trinajstić information content (AvgIpc) is 3.92. The average molecular weight is 913 g/mol. The highest BCUT2D eigenvalue weighted by molar-refractivity contribution is 5.91. The Labute approximate surface area is 390 Å². The molecule has 0 spiro atoms. The zero-order chi connectivity index (χ0) is 48.9. The fourth-order valence-corrected chi connectivity index (χ4v) is 9.37. The first-order valence-corrected chi connectivity index (χ1v) is 23.9. The van der Waals surface area contributed by atoms with Crippen molar-refractivity contribution in [1.29, 1.82) is 0 Å². The first-order chi connectivity index (χ1) is 30.4. The topological polar surface area (TPSA) is 176 Å². The number of Topliss-reactive ketones (excluding diaryl/α,β-unsaturated/α-hetero) is 1. The standard InChI is InChI=1S/C50H84N6O9/c1-16-32(6)44(55(13)48(61)42(30(2)3)53-47(60)43(31(4)5)54(11)12)40(63-14)28-41(58)56-25-17-18-38(56)45(64-15)33(7)39(57)27-36(26-34-19-20-34)46(59)51-29-35-21-23-37(24-22-35)52-49(62)65-50(8,9)10/h21-24,30-34,36,38,40,42-45H,16-20,25-29H2,1-15H3,(H,51,59)(H,52,62)(H,53,60)/t32-,33-,36+,38-,40+,42-,43-,44-,45+/m0/s1. The summed E-state index contributed by atoms with van der Waals surface area (Å²) in [6.45, 7) is 19.9. The lowest BCUT2D eigenvalue weighted by Gasteiger charge is -2.41. The zero-order valence-corrected chi connectivity index (χ0v) is 42.3. The molecule has 1 heterocycles. The van der Waals surface area contributed by atoms with Crippen LogP contribution in [0.3, 0.4) is 0 Å². The molecule has 1 aromatic carbocycles. The lowest BCUT2D eigenvalue weighted by molar-refractivity contribution is -0.148. The molecule has 1 aliphatic heterocycles. The number of ether oxygens (including phenoxy) is 3. The predicted molar refractivity (Wildman–Crippen MR) is 254 cm³/mol. The molecule has 15 heteroatoms. The summed E-state index contributed by atoms with van der Waals surface area (Å²) < 4.78 is 17.5. The molecule has 2 fully saturated rings. The van der Waals surface area contributed by atoms with E-state index in [2.05, 4.69) is 16.0 Å². The Hall–Kier alpha value is -4.08. The molecular formula is C50H84N6O9. The van der Waals surface area contributed by atoms with Crippen molar-refractivity contribution in [3.05, 3.63) is 29.8 Å². The largest absolute Gasteiger partial charge is 0.444 e. The molecule has 15 nitrogen and oxygen atoms in total. The highest BCUT2D eigenvalue weighted by atomic mass is 16.6. The van der Waals surface area contributed by atoms with Crippen LogP contribution in [0.2, 0.25) is 0 Å². The maximum atomic E-state index is 14.4. The number of nitrogens with zero attached hydrogens (tertiary/aromatic N) is 3. The van der Waals surface area contributed by atoms with Crippen LogP contribution in [0.4, 0.5) is 10.5 Å². The van der Waals surface area contributed by atoms with Crippen LogP contribution in [0.5, 0.6) is 0 Å². The van der Waals surface area contributed by atoms with E-state index in [0.717, 1.165) is 31.2 Å². The Bertz CT molecular complexity index is 1720. The molecule has 0 aromatic heterocycles. The van der Waals surface area contributed by atoms with Gasteiger partial charge in [0, 0.05) is 58.3 Å². The molecule has 65 heavy (non-hydrogen) atoms. The smallest absolute Gasteiger partial charge is 0.412 e. The molecule has 1 saturated carbocycles. The maximum Gasteiger partial charge on any atom is 0.412 e. The van der Waals surface area contributed by atoms with Crippen molar-refractivity contribution in [2.24, 2.45) is 35.5 Å². The summed E-state index contributed by atoms with van der Waals surface area (Å²) in [5.41, 5.74) is 0.796. The molecular weight excluding hydrogens is 829 g/mol. The van der Waals surface area contributed by atoms with E-state index in [-0.39, 0.29) is 72.6 Å². The third kappa shape index (κ3) is 16.3. The molecule has 3 rings (SSSR count). The molecule has 1 aliphatic carbocycles. The molecule has 0 unspecified atom stereocenters. The van der Waals surface area contributed by atoms with Gasteiger partial charge in [0.25, 0.3) is 0 Å².